The van der Waals surface area contributed by atoms with E-state index >= 15 is 0 Å². The number of hydrogen-bond donors (Lipinski definition) is 1. The van der Waals surface area contributed by atoms with Crippen LogP contribution < -0.4 is 4.74 Å². The average Bonchev–Trinajstić information content (AvgIpc) is 2.49. The molecule has 2 rings (SSSR count). The zero-order valence-electron chi connectivity index (χ0n) is 10.8. The van der Waals surface area contributed by atoms with Gasteiger partial charge in [0.1, 0.15) is 5.75 Å². The number of benzene rings is 1. The molecule has 0 bridgehead atoms. The Balaban J connectivity index is 2.04. The number of nitrogens with zero attached hydrogens (tertiary/aromatic N) is 2. The van der Waals surface area contributed by atoms with Crippen LogP contribution in [0.4, 0.5) is 0 Å². The standard InChI is InChI=1S/C15H16N2O2/c1-19-14-7-5-13(6-8-14)15(17-18)9-4-12-3-2-10-16-11-12/h2-3,5-8,10-11,18H,4,9H2,1H3/b17-15+. The third-order valence-electron chi connectivity index (χ3n) is 2.92. The molecule has 0 saturated carbocycles. The molecular weight excluding hydrogens is 240 g/mol. The van der Waals surface area contributed by atoms with Crippen molar-refractivity contribution in [2.24, 2.45) is 5.16 Å². The molecule has 98 valence electrons. The second-order valence-corrected chi connectivity index (χ2v) is 4.14. The van der Waals surface area contributed by atoms with E-state index in [9.17, 15) is 0 Å². The van der Waals surface area contributed by atoms with Gasteiger partial charge in [-0.3, -0.25) is 4.98 Å². The van der Waals surface area contributed by atoms with E-state index in [0.29, 0.717) is 12.1 Å². The molecule has 1 N–H and O–H groups in total. The molecule has 0 saturated heterocycles. The van der Waals surface area contributed by atoms with Crippen molar-refractivity contribution < 1.29 is 9.94 Å². The van der Waals surface area contributed by atoms with Crippen molar-refractivity contribution in [1.29, 1.82) is 0 Å². The van der Waals surface area contributed by atoms with Crippen LogP contribution in [0.2, 0.25) is 0 Å². The molecule has 0 amide bonds. The molecule has 19 heavy (non-hydrogen) atoms. The lowest BCUT2D eigenvalue weighted by molar-refractivity contribution is 0.318. The van der Waals surface area contributed by atoms with E-state index in [1.54, 1.807) is 13.3 Å². The Kier molecular flexibility index (Phi) is 4.50. The Morgan fingerprint density at radius 2 is 2.05 bits per heavy atom. The molecule has 0 atom stereocenters. The van der Waals surface area contributed by atoms with Gasteiger partial charge in [-0.1, -0.05) is 11.2 Å². The number of aromatic nitrogens is 1. The first-order chi connectivity index (χ1) is 9.33. The van der Waals surface area contributed by atoms with Crippen LogP contribution in [0.3, 0.4) is 0 Å². The Bertz CT molecular complexity index is 536. The first kappa shape index (κ1) is 13.1. The van der Waals surface area contributed by atoms with Crippen LogP contribution in [-0.2, 0) is 6.42 Å². The minimum atomic E-state index is 0.659. The van der Waals surface area contributed by atoms with E-state index in [1.807, 2.05) is 42.6 Å². The van der Waals surface area contributed by atoms with Gasteiger partial charge in [0.15, 0.2) is 0 Å². The van der Waals surface area contributed by atoms with E-state index < -0.39 is 0 Å². The minimum absolute atomic E-state index is 0.659. The number of aryl methyl sites for hydroxylation is 1. The number of ether oxygens (including phenoxy) is 1. The highest BCUT2D eigenvalue weighted by atomic mass is 16.5. The monoisotopic (exact) mass is 256 g/mol. The van der Waals surface area contributed by atoms with Crippen LogP contribution in [0.25, 0.3) is 0 Å². The summed E-state index contributed by atoms with van der Waals surface area (Å²) in [5.74, 6) is 0.785. The zero-order valence-corrected chi connectivity index (χ0v) is 10.8. The Hall–Kier alpha value is -2.36. The number of oxime groups is 1. The van der Waals surface area contributed by atoms with Crippen LogP contribution in [0.15, 0.2) is 53.9 Å². The highest BCUT2D eigenvalue weighted by Gasteiger charge is 2.05. The Morgan fingerprint density at radius 3 is 2.63 bits per heavy atom. The Labute approximate surface area is 112 Å². The molecule has 0 aliphatic heterocycles. The lowest BCUT2D eigenvalue weighted by atomic mass is 10.0. The van der Waals surface area contributed by atoms with Crippen LogP contribution >= 0.6 is 0 Å². The summed E-state index contributed by atoms with van der Waals surface area (Å²) in [7, 11) is 1.62. The second-order valence-electron chi connectivity index (χ2n) is 4.14. The third-order valence-corrected chi connectivity index (χ3v) is 2.92. The van der Waals surface area contributed by atoms with Gasteiger partial charge in [-0.2, -0.15) is 0 Å². The maximum absolute atomic E-state index is 9.13. The predicted octanol–water partition coefficient (Wildman–Crippen LogP) is 2.90. The summed E-state index contributed by atoms with van der Waals surface area (Å²) >= 11 is 0. The summed E-state index contributed by atoms with van der Waals surface area (Å²) in [6, 6.07) is 11.4. The quantitative estimate of drug-likeness (QED) is 0.508. The topological polar surface area (TPSA) is 54.7 Å². The molecule has 0 radical (unpaired) electrons. The van der Waals surface area contributed by atoms with Crippen molar-refractivity contribution in [1.82, 2.24) is 4.98 Å². The molecule has 1 aromatic heterocycles. The third kappa shape index (κ3) is 3.55. The van der Waals surface area contributed by atoms with Crippen LogP contribution in [0.5, 0.6) is 5.75 Å². The normalized spacial score (nSPS) is 11.3. The number of hydrogen-bond acceptors (Lipinski definition) is 4. The summed E-state index contributed by atoms with van der Waals surface area (Å²) in [5, 5.41) is 12.5. The van der Waals surface area contributed by atoms with Gasteiger partial charge in [0.2, 0.25) is 0 Å². The highest BCUT2D eigenvalue weighted by Crippen LogP contribution is 2.14. The molecule has 0 spiro atoms. The zero-order chi connectivity index (χ0) is 13.5. The summed E-state index contributed by atoms with van der Waals surface area (Å²) in [6.45, 7) is 0. The minimum Gasteiger partial charge on any atom is -0.497 e. The van der Waals surface area contributed by atoms with Crippen LogP contribution in [0, 0.1) is 0 Å². The maximum atomic E-state index is 9.13. The van der Waals surface area contributed by atoms with Crippen LogP contribution in [-0.4, -0.2) is 23.0 Å². The van der Waals surface area contributed by atoms with E-state index in [-0.39, 0.29) is 0 Å². The first-order valence-corrected chi connectivity index (χ1v) is 6.07. The molecule has 0 unspecified atom stereocenters. The van der Waals surface area contributed by atoms with Gasteiger partial charge >= 0.3 is 0 Å². The number of methoxy groups -OCH3 is 1. The number of rotatable bonds is 5. The van der Waals surface area contributed by atoms with Gasteiger partial charge < -0.3 is 9.94 Å². The molecule has 2 aromatic rings. The Morgan fingerprint density at radius 1 is 1.26 bits per heavy atom. The molecule has 1 aromatic carbocycles. The predicted molar refractivity (Wildman–Crippen MR) is 73.9 cm³/mol. The van der Waals surface area contributed by atoms with Crippen molar-refractivity contribution in [2.45, 2.75) is 12.8 Å². The van der Waals surface area contributed by atoms with Crippen molar-refractivity contribution in [3.63, 3.8) is 0 Å². The fraction of sp³-hybridized carbons (Fsp3) is 0.200. The number of pyridine rings is 1. The van der Waals surface area contributed by atoms with Crippen molar-refractivity contribution in [3.05, 3.63) is 59.9 Å². The largest absolute Gasteiger partial charge is 0.497 e. The van der Waals surface area contributed by atoms with Gasteiger partial charge in [-0.05, 0) is 54.3 Å². The SMILES string of the molecule is COc1ccc(/C(CCc2cccnc2)=N/O)cc1. The van der Waals surface area contributed by atoms with E-state index in [2.05, 4.69) is 10.1 Å². The van der Waals surface area contributed by atoms with Gasteiger partial charge in [0.05, 0.1) is 12.8 Å². The van der Waals surface area contributed by atoms with Crippen LogP contribution in [0.1, 0.15) is 17.5 Å². The first-order valence-electron chi connectivity index (χ1n) is 6.07. The summed E-state index contributed by atoms with van der Waals surface area (Å²) in [5.41, 5.74) is 2.68. The smallest absolute Gasteiger partial charge is 0.118 e. The van der Waals surface area contributed by atoms with E-state index in [1.165, 1.54) is 0 Å². The van der Waals surface area contributed by atoms with E-state index in [0.717, 1.165) is 23.3 Å². The molecular formula is C15H16N2O2. The average molecular weight is 256 g/mol. The second kappa shape index (κ2) is 6.54. The van der Waals surface area contributed by atoms with Gasteiger partial charge in [0.25, 0.3) is 0 Å². The lowest BCUT2D eigenvalue weighted by Gasteiger charge is -2.06. The molecule has 1 heterocycles. The fourth-order valence-electron chi connectivity index (χ4n) is 1.84. The maximum Gasteiger partial charge on any atom is 0.118 e. The van der Waals surface area contributed by atoms with Crippen molar-refractivity contribution in [2.75, 3.05) is 7.11 Å². The summed E-state index contributed by atoms with van der Waals surface area (Å²) in [6.07, 6.45) is 5.02. The molecule has 4 nitrogen and oxygen atoms in total. The van der Waals surface area contributed by atoms with Crippen molar-refractivity contribution >= 4 is 5.71 Å². The summed E-state index contributed by atoms with van der Waals surface area (Å²) < 4.78 is 5.10. The molecule has 0 aliphatic carbocycles. The van der Waals surface area contributed by atoms with E-state index in [4.69, 9.17) is 9.94 Å². The van der Waals surface area contributed by atoms with Crippen molar-refractivity contribution in [3.8, 4) is 5.75 Å². The van der Waals surface area contributed by atoms with Gasteiger partial charge in [-0.15, -0.1) is 0 Å². The lowest BCUT2D eigenvalue weighted by Crippen LogP contribution is -2.03. The fourth-order valence-corrected chi connectivity index (χ4v) is 1.84. The highest BCUT2D eigenvalue weighted by molar-refractivity contribution is 6.00. The molecule has 0 aliphatic rings. The summed E-state index contributed by atoms with van der Waals surface area (Å²) in [4.78, 5) is 4.06. The molecule has 4 heteroatoms. The van der Waals surface area contributed by atoms with Gasteiger partial charge in [0, 0.05) is 12.4 Å². The molecule has 0 fully saturated rings. The van der Waals surface area contributed by atoms with Gasteiger partial charge in [-0.25, -0.2) is 0 Å².